The van der Waals surface area contributed by atoms with Gasteiger partial charge in [-0.15, -0.1) is 0 Å². The highest BCUT2D eigenvalue weighted by Gasteiger charge is 2.09. The lowest BCUT2D eigenvalue weighted by Crippen LogP contribution is -2.14. The van der Waals surface area contributed by atoms with Gasteiger partial charge in [0.1, 0.15) is 0 Å². The molecule has 68 valence electrons. The third kappa shape index (κ3) is 0.871. The molecule has 0 aliphatic carbocycles. The third-order valence-electron chi connectivity index (χ3n) is 2.40. The van der Waals surface area contributed by atoms with Crippen LogP contribution in [0.4, 0.5) is 11.4 Å². The summed E-state index contributed by atoms with van der Waals surface area (Å²) in [7, 11) is 0. The van der Waals surface area contributed by atoms with Crippen LogP contribution >= 0.6 is 0 Å². The molecule has 3 nitrogen and oxygen atoms in total. The summed E-state index contributed by atoms with van der Waals surface area (Å²) in [6, 6.07) is 11.5. The molecule has 0 N–H and O–H groups in total. The summed E-state index contributed by atoms with van der Waals surface area (Å²) in [6.45, 7) is 0. The Balaban J connectivity index is 2.52. The van der Waals surface area contributed by atoms with Gasteiger partial charge in [-0.25, -0.2) is 4.99 Å². The van der Waals surface area contributed by atoms with Gasteiger partial charge in [-0.2, -0.15) is 0 Å². The maximum atomic E-state index is 11.4. The molecule has 0 aromatic heterocycles. The van der Waals surface area contributed by atoms with Crippen LogP contribution in [-0.4, -0.2) is 6.34 Å². The van der Waals surface area contributed by atoms with Gasteiger partial charge in [-0.1, -0.05) is 24.3 Å². The second-order valence-electron chi connectivity index (χ2n) is 3.22. The van der Waals surface area contributed by atoms with Gasteiger partial charge in [0.15, 0.2) is 0 Å². The van der Waals surface area contributed by atoms with Gasteiger partial charge in [0, 0.05) is 11.1 Å². The van der Waals surface area contributed by atoms with E-state index in [0.717, 1.165) is 21.5 Å². The molecule has 0 bridgehead atoms. The van der Waals surface area contributed by atoms with Crippen LogP contribution in [0, 0.1) is 5.21 Å². The molecule has 0 fully saturated rings. The molecule has 0 radical (unpaired) electrons. The molecule has 3 rings (SSSR count). The smallest absolute Gasteiger partial charge is 0.0850 e. The zero-order chi connectivity index (χ0) is 9.54. The molecule has 3 heteroatoms. The summed E-state index contributed by atoms with van der Waals surface area (Å²) in [5.74, 6) is 0. The second-order valence-corrected chi connectivity index (χ2v) is 3.22. The number of nitrogens with zero attached hydrogens (tertiary/aromatic N) is 2. The van der Waals surface area contributed by atoms with Crippen molar-refractivity contribution in [1.29, 1.82) is 0 Å². The average Bonchev–Trinajstić information content (AvgIpc) is 2.24. The standard InChI is InChI=1S/C11H7N2O/c14-13-7-12-9-5-1-3-8-4-2-6-10(13)11(8)9/h1-7H/q-1. The molecule has 1 aliphatic rings. The summed E-state index contributed by atoms with van der Waals surface area (Å²) in [6.07, 6.45) is 1.30. The van der Waals surface area contributed by atoms with Crippen LogP contribution in [0.1, 0.15) is 0 Å². The summed E-state index contributed by atoms with van der Waals surface area (Å²) < 4.78 is 0. The van der Waals surface area contributed by atoms with Crippen molar-refractivity contribution in [1.82, 2.24) is 0 Å². The first-order valence-electron chi connectivity index (χ1n) is 4.38. The number of rotatable bonds is 0. The van der Waals surface area contributed by atoms with E-state index >= 15 is 0 Å². The summed E-state index contributed by atoms with van der Waals surface area (Å²) in [5.41, 5.74) is 1.54. The van der Waals surface area contributed by atoms with Crippen LogP contribution in [-0.2, 0) is 0 Å². The monoisotopic (exact) mass is 183 g/mol. The van der Waals surface area contributed by atoms with Crippen molar-refractivity contribution < 1.29 is 0 Å². The Bertz CT molecular complexity index is 529. The van der Waals surface area contributed by atoms with Gasteiger partial charge < -0.3 is 10.3 Å². The molecule has 0 atom stereocenters. The molecule has 1 heterocycles. The van der Waals surface area contributed by atoms with E-state index in [4.69, 9.17) is 0 Å². The highest BCUT2D eigenvalue weighted by atomic mass is 16.5. The number of benzene rings is 2. The normalized spacial score (nSPS) is 13.6. The number of hydrogen-bond acceptors (Lipinski definition) is 3. The Morgan fingerprint density at radius 1 is 1.07 bits per heavy atom. The van der Waals surface area contributed by atoms with Crippen molar-refractivity contribution in [2.24, 2.45) is 4.99 Å². The van der Waals surface area contributed by atoms with Crippen LogP contribution in [0.2, 0.25) is 0 Å². The largest absolute Gasteiger partial charge is 0.753 e. The SMILES string of the molecule is [O-]N1C=Nc2cccc3cccc1c23. The van der Waals surface area contributed by atoms with Crippen molar-refractivity contribution in [3.63, 3.8) is 0 Å². The lowest BCUT2D eigenvalue weighted by molar-refractivity contribution is 1.37. The summed E-state index contributed by atoms with van der Waals surface area (Å²) in [4.78, 5) is 4.08. The summed E-state index contributed by atoms with van der Waals surface area (Å²) >= 11 is 0. The molecule has 2 aromatic rings. The minimum atomic E-state index is 0.674. The lowest BCUT2D eigenvalue weighted by Gasteiger charge is -2.29. The lowest BCUT2D eigenvalue weighted by atomic mass is 10.1. The molecule has 0 saturated heterocycles. The quantitative estimate of drug-likeness (QED) is 0.629. The zero-order valence-corrected chi connectivity index (χ0v) is 7.34. The second kappa shape index (κ2) is 2.56. The van der Waals surface area contributed by atoms with Gasteiger partial charge in [0.2, 0.25) is 0 Å². The van der Waals surface area contributed by atoms with Gasteiger partial charge in [-0.3, -0.25) is 0 Å². The van der Waals surface area contributed by atoms with Crippen LogP contribution in [0.15, 0.2) is 41.4 Å². The van der Waals surface area contributed by atoms with E-state index in [1.165, 1.54) is 6.34 Å². The minimum absolute atomic E-state index is 0.674. The van der Waals surface area contributed by atoms with Crippen molar-refractivity contribution in [2.45, 2.75) is 0 Å². The zero-order valence-electron chi connectivity index (χ0n) is 7.34. The van der Waals surface area contributed by atoms with E-state index in [2.05, 4.69) is 4.99 Å². The van der Waals surface area contributed by atoms with E-state index in [1.54, 1.807) is 0 Å². The fraction of sp³-hybridized carbons (Fsp3) is 0. The van der Waals surface area contributed by atoms with E-state index in [-0.39, 0.29) is 0 Å². The van der Waals surface area contributed by atoms with Crippen LogP contribution in [0.5, 0.6) is 0 Å². The van der Waals surface area contributed by atoms with Gasteiger partial charge >= 0.3 is 0 Å². The maximum absolute atomic E-state index is 11.4. The Kier molecular flexibility index (Phi) is 1.38. The number of anilines is 1. The highest BCUT2D eigenvalue weighted by molar-refractivity contribution is 6.09. The fourth-order valence-corrected chi connectivity index (χ4v) is 1.77. The Hall–Kier alpha value is -1.87. The number of hydrogen-bond donors (Lipinski definition) is 0. The van der Waals surface area contributed by atoms with Crippen molar-refractivity contribution in [3.05, 3.63) is 41.6 Å². The third-order valence-corrected chi connectivity index (χ3v) is 2.40. The molecule has 14 heavy (non-hydrogen) atoms. The van der Waals surface area contributed by atoms with Crippen LogP contribution in [0.3, 0.4) is 0 Å². The van der Waals surface area contributed by atoms with E-state index in [9.17, 15) is 5.21 Å². The maximum Gasteiger partial charge on any atom is 0.0850 e. The van der Waals surface area contributed by atoms with E-state index in [1.807, 2.05) is 36.4 Å². The first kappa shape index (κ1) is 7.53. The topological polar surface area (TPSA) is 38.7 Å². The average molecular weight is 183 g/mol. The number of aliphatic imine (C=N–C) groups is 1. The molecule has 2 aromatic carbocycles. The Labute approximate surface area is 80.9 Å². The molecular weight excluding hydrogens is 176 g/mol. The Morgan fingerprint density at radius 2 is 1.86 bits per heavy atom. The first-order valence-corrected chi connectivity index (χ1v) is 4.38. The number of hydroxylamine groups is 1. The first-order chi connectivity index (χ1) is 6.86. The van der Waals surface area contributed by atoms with E-state index in [0.29, 0.717) is 5.69 Å². The molecule has 0 saturated carbocycles. The van der Waals surface area contributed by atoms with Crippen molar-refractivity contribution in [2.75, 3.05) is 5.06 Å². The molecule has 1 aliphatic heterocycles. The Morgan fingerprint density at radius 3 is 2.71 bits per heavy atom. The van der Waals surface area contributed by atoms with Crippen LogP contribution in [0.25, 0.3) is 10.8 Å². The molecule has 0 amide bonds. The van der Waals surface area contributed by atoms with Crippen molar-refractivity contribution >= 4 is 28.5 Å². The highest BCUT2D eigenvalue weighted by Crippen LogP contribution is 2.36. The fourth-order valence-electron chi connectivity index (χ4n) is 1.77. The van der Waals surface area contributed by atoms with Gasteiger partial charge in [0.05, 0.1) is 12.0 Å². The predicted octanol–water partition coefficient (Wildman–Crippen LogP) is 2.82. The molecule has 0 spiro atoms. The van der Waals surface area contributed by atoms with Crippen LogP contribution < -0.4 is 5.06 Å². The van der Waals surface area contributed by atoms with E-state index < -0.39 is 0 Å². The minimum Gasteiger partial charge on any atom is -0.753 e. The molecule has 0 unspecified atom stereocenters. The summed E-state index contributed by atoms with van der Waals surface area (Å²) in [5, 5.41) is 14.2. The van der Waals surface area contributed by atoms with Gasteiger partial charge in [0.25, 0.3) is 0 Å². The van der Waals surface area contributed by atoms with Gasteiger partial charge in [-0.05, 0) is 17.5 Å². The van der Waals surface area contributed by atoms with Crippen molar-refractivity contribution in [3.8, 4) is 0 Å². The molecular formula is C11H7N2O-. The predicted molar refractivity (Wildman–Crippen MR) is 57.9 cm³/mol.